The molecule has 0 aromatic carbocycles. The Balaban J connectivity index is 1.87. The molecule has 2 rings (SSSR count). The quantitative estimate of drug-likeness (QED) is 0.791. The van der Waals surface area contributed by atoms with Crippen LogP contribution in [0.4, 0.5) is 4.79 Å². The van der Waals surface area contributed by atoms with E-state index < -0.39 is 11.4 Å². The number of carbonyl (C=O) groups is 3. The van der Waals surface area contributed by atoms with Crippen LogP contribution < -0.4 is 5.32 Å². The minimum absolute atomic E-state index is 0.113. The first-order valence-corrected chi connectivity index (χ1v) is 7.43. The standard InChI is InChI=1S/C14H23N3O4/c1-3-14(2,12(19)20)9-15-13(21)16-6-7-17-10(8-16)4-5-11(17)18/h10H,3-9H2,1-2H3,(H,15,21)(H,19,20). The maximum Gasteiger partial charge on any atom is 0.317 e. The van der Waals surface area contributed by atoms with Gasteiger partial charge in [0.2, 0.25) is 5.91 Å². The third-order valence-corrected chi connectivity index (χ3v) is 4.71. The second-order valence-electron chi connectivity index (χ2n) is 6.10. The van der Waals surface area contributed by atoms with Crippen LogP contribution >= 0.6 is 0 Å². The summed E-state index contributed by atoms with van der Waals surface area (Å²) in [6, 6.07) is -0.121. The summed E-state index contributed by atoms with van der Waals surface area (Å²) in [5.41, 5.74) is -0.944. The smallest absolute Gasteiger partial charge is 0.317 e. The van der Waals surface area contributed by atoms with E-state index in [1.807, 2.05) is 4.90 Å². The van der Waals surface area contributed by atoms with Gasteiger partial charge in [0, 0.05) is 38.6 Å². The molecule has 2 heterocycles. The molecule has 2 saturated heterocycles. The van der Waals surface area contributed by atoms with Crippen LogP contribution in [0.25, 0.3) is 0 Å². The minimum atomic E-state index is -0.944. The SMILES string of the molecule is CCC(C)(CNC(=O)N1CCN2C(=O)CCC2C1)C(=O)O. The molecule has 0 aliphatic carbocycles. The van der Waals surface area contributed by atoms with E-state index in [0.29, 0.717) is 32.5 Å². The molecule has 0 bridgehead atoms. The molecule has 2 atom stereocenters. The number of hydrogen-bond donors (Lipinski definition) is 2. The van der Waals surface area contributed by atoms with Gasteiger partial charge in [0.15, 0.2) is 0 Å². The molecule has 0 aromatic rings. The second-order valence-corrected chi connectivity index (χ2v) is 6.10. The monoisotopic (exact) mass is 297 g/mol. The molecule has 0 radical (unpaired) electrons. The van der Waals surface area contributed by atoms with Crippen molar-refractivity contribution in [3.8, 4) is 0 Å². The summed E-state index contributed by atoms with van der Waals surface area (Å²) in [4.78, 5) is 38.5. The number of aliphatic carboxylic acids is 1. The molecular formula is C14H23N3O4. The van der Waals surface area contributed by atoms with E-state index in [1.165, 1.54) is 0 Å². The normalized spacial score (nSPS) is 24.5. The summed E-state index contributed by atoms with van der Waals surface area (Å²) in [6.45, 7) is 5.15. The van der Waals surface area contributed by atoms with Crippen molar-refractivity contribution in [1.82, 2.24) is 15.1 Å². The van der Waals surface area contributed by atoms with Gasteiger partial charge in [-0.15, -0.1) is 0 Å². The van der Waals surface area contributed by atoms with Crippen LogP contribution in [0, 0.1) is 5.41 Å². The molecule has 2 aliphatic rings. The zero-order valence-electron chi connectivity index (χ0n) is 12.6. The van der Waals surface area contributed by atoms with E-state index in [-0.39, 0.29) is 24.5 Å². The van der Waals surface area contributed by atoms with Gasteiger partial charge in [-0.3, -0.25) is 9.59 Å². The Morgan fingerprint density at radius 1 is 1.43 bits per heavy atom. The summed E-state index contributed by atoms with van der Waals surface area (Å²) in [5, 5.41) is 11.9. The van der Waals surface area contributed by atoms with Gasteiger partial charge in [-0.25, -0.2) is 4.79 Å². The Morgan fingerprint density at radius 2 is 2.14 bits per heavy atom. The highest BCUT2D eigenvalue weighted by molar-refractivity contribution is 5.80. The van der Waals surface area contributed by atoms with E-state index in [2.05, 4.69) is 5.32 Å². The van der Waals surface area contributed by atoms with Crippen LogP contribution in [0.3, 0.4) is 0 Å². The lowest BCUT2D eigenvalue weighted by Gasteiger charge is -2.38. The van der Waals surface area contributed by atoms with Crippen LogP contribution in [0.15, 0.2) is 0 Å². The predicted octanol–water partition coefficient (Wildman–Crippen LogP) is 0.504. The number of nitrogens with zero attached hydrogens (tertiary/aromatic N) is 2. The molecule has 7 heteroatoms. The lowest BCUT2D eigenvalue weighted by Crippen LogP contribution is -2.56. The molecular weight excluding hydrogens is 274 g/mol. The van der Waals surface area contributed by atoms with E-state index in [4.69, 9.17) is 0 Å². The molecule has 7 nitrogen and oxygen atoms in total. The van der Waals surface area contributed by atoms with E-state index in [9.17, 15) is 19.5 Å². The maximum atomic E-state index is 12.2. The number of amides is 3. The van der Waals surface area contributed by atoms with Crippen LogP contribution in [0.2, 0.25) is 0 Å². The molecule has 3 amide bonds. The van der Waals surface area contributed by atoms with E-state index in [1.54, 1.807) is 18.7 Å². The number of carboxylic acids is 1. The molecule has 0 saturated carbocycles. The van der Waals surface area contributed by atoms with Crippen molar-refractivity contribution in [3.05, 3.63) is 0 Å². The van der Waals surface area contributed by atoms with Gasteiger partial charge in [-0.05, 0) is 19.8 Å². The molecule has 2 unspecified atom stereocenters. The van der Waals surface area contributed by atoms with Crippen LogP contribution in [-0.2, 0) is 9.59 Å². The van der Waals surface area contributed by atoms with Gasteiger partial charge in [0.1, 0.15) is 0 Å². The van der Waals surface area contributed by atoms with Crippen molar-refractivity contribution in [2.45, 2.75) is 39.2 Å². The van der Waals surface area contributed by atoms with Gasteiger partial charge >= 0.3 is 12.0 Å². The Labute approximate surface area is 124 Å². The zero-order chi connectivity index (χ0) is 15.6. The number of hydrogen-bond acceptors (Lipinski definition) is 3. The first-order chi connectivity index (χ1) is 9.87. The summed E-state index contributed by atoms with van der Waals surface area (Å²) >= 11 is 0. The van der Waals surface area contributed by atoms with Crippen molar-refractivity contribution >= 4 is 17.9 Å². The van der Waals surface area contributed by atoms with Crippen molar-refractivity contribution in [3.63, 3.8) is 0 Å². The third kappa shape index (κ3) is 3.11. The fourth-order valence-corrected chi connectivity index (χ4v) is 2.78. The molecule has 118 valence electrons. The molecule has 21 heavy (non-hydrogen) atoms. The number of fused-ring (bicyclic) bond motifs is 1. The number of piperazine rings is 1. The number of urea groups is 1. The predicted molar refractivity (Wildman–Crippen MR) is 75.7 cm³/mol. The number of nitrogens with one attached hydrogen (secondary N) is 1. The molecule has 2 N–H and O–H groups in total. The van der Waals surface area contributed by atoms with Crippen LogP contribution in [0.1, 0.15) is 33.1 Å². The average Bonchev–Trinajstić information content (AvgIpc) is 2.85. The van der Waals surface area contributed by atoms with Crippen LogP contribution in [0.5, 0.6) is 0 Å². The Kier molecular flexibility index (Phi) is 4.39. The summed E-state index contributed by atoms with van der Waals surface area (Å²) in [5.74, 6) is -0.735. The summed E-state index contributed by atoms with van der Waals surface area (Å²) < 4.78 is 0. The van der Waals surface area contributed by atoms with Gasteiger partial charge in [0.25, 0.3) is 0 Å². The lowest BCUT2D eigenvalue weighted by molar-refractivity contribution is -0.147. The second kappa shape index (κ2) is 5.91. The van der Waals surface area contributed by atoms with Gasteiger partial charge in [-0.2, -0.15) is 0 Å². The molecule has 2 fully saturated rings. The van der Waals surface area contributed by atoms with E-state index in [0.717, 1.165) is 6.42 Å². The van der Waals surface area contributed by atoms with Crippen molar-refractivity contribution in [2.24, 2.45) is 5.41 Å². The molecule has 2 aliphatic heterocycles. The zero-order valence-corrected chi connectivity index (χ0v) is 12.6. The van der Waals surface area contributed by atoms with Gasteiger partial charge < -0.3 is 20.2 Å². The van der Waals surface area contributed by atoms with Crippen LogP contribution in [-0.4, -0.2) is 65.0 Å². The topological polar surface area (TPSA) is 90.0 Å². The fourth-order valence-electron chi connectivity index (χ4n) is 2.78. The van der Waals surface area contributed by atoms with E-state index >= 15 is 0 Å². The van der Waals surface area contributed by atoms with Crippen molar-refractivity contribution < 1.29 is 19.5 Å². The largest absolute Gasteiger partial charge is 0.481 e. The number of carboxylic acid groups (broad SMARTS) is 1. The first-order valence-electron chi connectivity index (χ1n) is 7.43. The summed E-state index contributed by atoms with van der Waals surface area (Å²) in [7, 11) is 0. The maximum absolute atomic E-state index is 12.2. The number of rotatable bonds is 4. The number of carbonyl (C=O) groups excluding carboxylic acids is 2. The Bertz CT molecular complexity index is 454. The third-order valence-electron chi connectivity index (χ3n) is 4.71. The first kappa shape index (κ1) is 15.6. The minimum Gasteiger partial charge on any atom is -0.481 e. The molecule has 0 aromatic heterocycles. The van der Waals surface area contributed by atoms with Gasteiger partial charge in [-0.1, -0.05) is 6.92 Å². The highest BCUT2D eigenvalue weighted by atomic mass is 16.4. The fraction of sp³-hybridized carbons (Fsp3) is 0.786. The van der Waals surface area contributed by atoms with Crippen molar-refractivity contribution in [1.29, 1.82) is 0 Å². The summed E-state index contributed by atoms with van der Waals surface area (Å²) in [6.07, 6.45) is 1.81. The van der Waals surface area contributed by atoms with Gasteiger partial charge in [0.05, 0.1) is 5.41 Å². The molecule has 0 spiro atoms. The lowest BCUT2D eigenvalue weighted by atomic mass is 9.88. The highest BCUT2D eigenvalue weighted by Gasteiger charge is 2.37. The average molecular weight is 297 g/mol. The Morgan fingerprint density at radius 3 is 2.76 bits per heavy atom. The highest BCUT2D eigenvalue weighted by Crippen LogP contribution is 2.23. The Hall–Kier alpha value is -1.79. The van der Waals surface area contributed by atoms with Crippen molar-refractivity contribution in [2.75, 3.05) is 26.2 Å².